The van der Waals surface area contributed by atoms with Crippen LogP contribution in [-0.4, -0.2) is 41.3 Å². The predicted molar refractivity (Wildman–Crippen MR) is 143 cm³/mol. The molecule has 1 heterocycles. The molecular formula is C29H34Cl2N2O4Ti. The number of hydrogen-bond donors (Lipinski definition) is 0. The summed E-state index contributed by atoms with van der Waals surface area (Å²) >= 11 is 9.53. The third-order valence-corrected chi connectivity index (χ3v) is 6.09. The van der Waals surface area contributed by atoms with Crippen molar-refractivity contribution in [3.63, 3.8) is 0 Å². The molecule has 38 heavy (non-hydrogen) atoms. The molecular weight excluding hydrogens is 559 g/mol. The molecule has 4 rings (SSSR count). The van der Waals surface area contributed by atoms with Crippen molar-refractivity contribution in [3.8, 4) is 23.0 Å². The van der Waals surface area contributed by atoms with Crippen LogP contribution in [0.15, 0.2) is 48.5 Å². The minimum atomic E-state index is -0.437. The Morgan fingerprint density at radius 3 is 1.24 bits per heavy atom. The van der Waals surface area contributed by atoms with E-state index < -0.39 is 11.5 Å². The number of benzene rings is 3. The summed E-state index contributed by atoms with van der Waals surface area (Å²) in [4.78, 5) is 4.68. The van der Waals surface area contributed by atoms with Crippen LogP contribution in [0.2, 0.25) is 0 Å². The quantitative estimate of drug-likeness (QED) is 0.339. The zero-order valence-electron chi connectivity index (χ0n) is 22.4. The Balaban J connectivity index is 0.000000505. The fourth-order valence-corrected chi connectivity index (χ4v) is 4.36. The summed E-state index contributed by atoms with van der Waals surface area (Å²) in [7, 11) is 0. The van der Waals surface area contributed by atoms with Gasteiger partial charge < -0.3 is 20.4 Å². The number of nitrogens with zero attached hydrogens (tertiary/aromatic N) is 2. The molecule has 6 nitrogen and oxygen atoms in total. The largest absolute Gasteiger partial charge is 4.00 e. The van der Waals surface area contributed by atoms with E-state index >= 15 is 0 Å². The molecule has 0 aliphatic carbocycles. The molecule has 0 radical (unpaired) electrons. The average molecular weight is 593 g/mol. The average Bonchev–Trinajstić information content (AvgIpc) is 2.84. The first kappa shape index (κ1) is 34.1. The van der Waals surface area contributed by atoms with Gasteiger partial charge in [-0.25, -0.2) is 0 Å². The molecule has 3 aromatic rings. The first-order valence-electron chi connectivity index (χ1n) is 12.1. The Bertz CT molecular complexity index is 1070. The summed E-state index contributed by atoms with van der Waals surface area (Å²) in [6, 6.07) is 13.5. The van der Waals surface area contributed by atoms with E-state index in [1.54, 1.807) is 12.1 Å². The van der Waals surface area contributed by atoms with Gasteiger partial charge in [0.25, 0.3) is 0 Å². The molecule has 1 fully saturated rings. The minimum absolute atomic E-state index is 0. The molecule has 1 saturated heterocycles. The second kappa shape index (κ2) is 16.9. The Labute approximate surface area is 251 Å². The zero-order valence-corrected chi connectivity index (χ0v) is 25.4. The van der Waals surface area contributed by atoms with Crippen molar-refractivity contribution in [1.29, 1.82) is 0 Å². The predicted octanol–water partition coefficient (Wildman–Crippen LogP) is 3.64. The maximum atomic E-state index is 12.3. The minimum Gasteiger partial charge on any atom is -0.873 e. The van der Waals surface area contributed by atoms with E-state index in [1.165, 1.54) is 12.1 Å². The fourth-order valence-electron chi connectivity index (χ4n) is 4.36. The topological polar surface area (TPSA) is 98.7 Å². The van der Waals surface area contributed by atoms with Gasteiger partial charge in [-0.2, -0.15) is 0 Å². The van der Waals surface area contributed by atoms with Crippen LogP contribution in [0.4, 0.5) is 0 Å². The van der Waals surface area contributed by atoms with Crippen LogP contribution in [-0.2, 0) is 34.8 Å². The van der Waals surface area contributed by atoms with Crippen LogP contribution < -0.4 is 20.4 Å². The maximum absolute atomic E-state index is 12.3. The standard InChI is InChI=1S/C22H30N2O2.C6H6O2.CH2Cl2.Ti/c1-15-9-17(3)21(25)19(11-15)13-23-5-7-24(8-6-23)14-20-12-16(2)10-18(4)22(20)26;7-5-3-1-2-4-6(5)8;2-1-3;/h9-12,25-26H,5-8,13-14H2,1-4H3;1-4,7-8H;1H2;/q;;;+4/p-4. The van der Waals surface area contributed by atoms with Crippen molar-refractivity contribution in [2.24, 2.45) is 0 Å². The van der Waals surface area contributed by atoms with Crippen LogP contribution in [0, 0.1) is 27.7 Å². The molecule has 0 saturated carbocycles. The molecule has 0 bridgehead atoms. The molecule has 3 aromatic carbocycles. The SMILES string of the molecule is Cc1cc(C)c([O-])c(CN2CCN(Cc3cc(C)cc(C)c3[O-])CC2)c1.ClCCl.[O-]c1ccccc1[O-].[Ti+4]. The Morgan fingerprint density at radius 2 is 0.947 bits per heavy atom. The van der Waals surface area contributed by atoms with Crippen molar-refractivity contribution in [3.05, 3.63) is 81.9 Å². The van der Waals surface area contributed by atoms with Crippen molar-refractivity contribution in [1.82, 2.24) is 9.80 Å². The van der Waals surface area contributed by atoms with Crippen molar-refractivity contribution >= 4 is 23.2 Å². The number of piperazine rings is 1. The Morgan fingerprint density at radius 1 is 0.632 bits per heavy atom. The van der Waals surface area contributed by atoms with E-state index in [1.807, 2.05) is 52.0 Å². The van der Waals surface area contributed by atoms with Gasteiger partial charge in [0.05, 0.1) is 5.34 Å². The van der Waals surface area contributed by atoms with Gasteiger partial charge >= 0.3 is 21.7 Å². The van der Waals surface area contributed by atoms with Crippen LogP contribution in [0.3, 0.4) is 0 Å². The van der Waals surface area contributed by atoms with Crippen LogP contribution in [0.25, 0.3) is 0 Å². The summed E-state index contributed by atoms with van der Waals surface area (Å²) in [6.07, 6.45) is 0. The van der Waals surface area contributed by atoms with E-state index in [2.05, 4.69) is 9.80 Å². The summed E-state index contributed by atoms with van der Waals surface area (Å²) in [5, 5.41) is 45.5. The molecule has 9 heteroatoms. The zero-order chi connectivity index (χ0) is 27.5. The molecule has 0 spiro atoms. The van der Waals surface area contributed by atoms with Gasteiger partial charge in [-0.15, -0.1) is 46.2 Å². The van der Waals surface area contributed by atoms with Crippen LogP contribution in [0.1, 0.15) is 33.4 Å². The number of para-hydroxylation sites is 2. The number of alkyl halides is 2. The van der Waals surface area contributed by atoms with Gasteiger partial charge in [-0.1, -0.05) is 70.8 Å². The van der Waals surface area contributed by atoms with Gasteiger partial charge in [0, 0.05) is 39.3 Å². The third kappa shape index (κ3) is 10.7. The van der Waals surface area contributed by atoms with Gasteiger partial charge in [0.15, 0.2) is 0 Å². The van der Waals surface area contributed by atoms with E-state index in [0.29, 0.717) is 13.1 Å². The summed E-state index contributed by atoms with van der Waals surface area (Å²) < 4.78 is 0. The number of hydrogen-bond acceptors (Lipinski definition) is 6. The summed E-state index contributed by atoms with van der Waals surface area (Å²) in [5.74, 6) is -0.534. The molecule has 0 N–H and O–H groups in total. The van der Waals surface area contributed by atoms with Gasteiger partial charge in [0.2, 0.25) is 0 Å². The normalized spacial score (nSPS) is 13.4. The van der Waals surface area contributed by atoms with Crippen LogP contribution >= 0.6 is 23.2 Å². The second-order valence-corrected chi connectivity index (χ2v) is 10.0. The van der Waals surface area contributed by atoms with Gasteiger partial charge in [0.1, 0.15) is 0 Å². The van der Waals surface area contributed by atoms with Gasteiger partial charge in [-0.3, -0.25) is 9.80 Å². The molecule has 0 atom stereocenters. The summed E-state index contributed by atoms with van der Waals surface area (Å²) in [6.45, 7) is 13.0. The summed E-state index contributed by atoms with van der Waals surface area (Å²) in [5.41, 5.74) is 5.74. The van der Waals surface area contributed by atoms with Gasteiger partial charge in [-0.05, 0) is 38.8 Å². The van der Waals surface area contributed by atoms with E-state index in [4.69, 9.17) is 23.2 Å². The first-order valence-corrected chi connectivity index (χ1v) is 13.2. The number of rotatable bonds is 4. The van der Waals surface area contributed by atoms with Crippen molar-refractivity contribution < 1.29 is 42.1 Å². The smallest absolute Gasteiger partial charge is 0.873 e. The van der Waals surface area contributed by atoms with Crippen molar-refractivity contribution in [2.75, 3.05) is 31.5 Å². The van der Waals surface area contributed by atoms with Crippen LogP contribution in [0.5, 0.6) is 23.0 Å². The first-order chi connectivity index (χ1) is 17.5. The fraction of sp³-hybridized carbons (Fsp3) is 0.379. The molecule has 202 valence electrons. The van der Waals surface area contributed by atoms with E-state index in [-0.39, 0.29) is 38.6 Å². The van der Waals surface area contributed by atoms with E-state index in [0.717, 1.165) is 59.6 Å². The van der Waals surface area contributed by atoms with Crippen molar-refractivity contribution in [2.45, 2.75) is 40.8 Å². The Hall–Kier alpha value is -1.93. The molecule has 1 aliphatic rings. The Kier molecular flexibility index (Phi) is 15.2. The third-order valence-electron chi connectivity index (χ3n) is 6.09. The molecule has 0 unspecified atom stereocenters. The maximum Gasteiger partial charge on any atom is 4.00 e. The second-order valence-electron chi connectivity index (χ2n) is 9.24. The molecule has 0 aromatic heterocycles. The number of aryl methyl sites for hydroxylation is 4. The van der Waals surface area contributed by atoms with E-state index in [9.17, 15) is 20.4 Å². The number of halogens is 2. The molecule has 1 aliphatic heterocycles. The molecule has 0 amide bonds. The monoisotopic (exact) mass is 592 g/mol.